The zero-order valence-corrected chi connectivity index (χ0v) is 11.1. The topological polar surface area (TPSA) is 59.0 Å². The molecule has 1 atom stereocenters. The van der Waals surface area contributed by atoms with Crippen LogP contribution in [0.1, 0.15) is 18.6 Å². The van der Waals surface area contributed by atoms with Gasteiger partial charge in [0.1, 0.15) is 0 Å². The number of aliphatic hydroxyl groups is 1. The average molecular weight is 253 g/mol. The number of carbonyl (C=O) groups is 1. The third kappa shape index (κ3) is 3.37. The Labute approximate surface area is 107 Å². The number of ether oxygens (including phenoxy) is 2. The number of carbonyl (C=O) groups excluding carboxylic acids is 1. The van der Waals surface area contributed by atoms with Crippen molar-refractivity contribution < 1.29 is 19.4 Å². The zero-order chi connectivity index (χ0) is 13.7. The van der Waals surface area contributed by atoms with Gasteiger partial charge in [-0.3, -0.25) is 4.79 Å². The lowest BCUT2D eigenvalue weighted by molar-refractivity contribution is -0.128. The van der Waals surface area contributed by atoms with Crippen molar-refractivity contribution in [2.24, 2.45) is 0 Å². The first-order valence-corrected chi connectivity index (χ1v) is 5.61. The largest absolute Gasteiger partial charge is 0.493 e. The highest BCUT2D eigenvalue weighted by atomic mass is 16.5. The number of rotatable bonds is 5. The van der Waals surface area contributed by atoms with Gasteiger partial charge in [0.2, 0.25) is 5.91 Å². The van der Waals surface area contributed by atoms with E-state index in [4.69, 9.17) is 9.47 Å². The summed E-state index contributed by atoms with van der Waals surface area (Å²) in [5, 5.41) is 10.0. The van der Waals surface area contributed by atoms with Gasteiger partial charge in [0, 0.05) is 14.0 Å². The number of benzene rings is 1. The first kappa shape index (κ1) is 14.3. The van der Waals surface area contributed by atoms with Gasteiger partial charge in [0.25, 0.3) is 0 Å². The molecular weight excluding hydrogens is 234 g/mol. The molecule has 0 aliphatic rings. The van der Waals surface area contributed by atoms with Gasteiger partial charge >= 0.3 is 0 Å². The Bertz CT molecular complexity index is 419. The van der Waals surface area contributed by atoms with Crippen molar-refractivity contribution in [1.82, 2.24) is 4.90 Å². The van der Waals surface area contributed by atoms with Crippen LogP contribution in [0.25, 0.3) is 0 Å². The second kappa shape index (κ2) is 6.26. The molecule has 0 unspecified atom stereocenters. The summed E-state index contributed by atoms with van der Waals surface area (Å²) in [7, 11) is 4.74. The second-order valence-corrected chi connectivity index (χ2v) is 4.03. The number of methoxy groups -OCH3 is 2. The Balaban J connectivity index is 2.86. The summed E-state index contributed by atoms with van der Waals surface area (Å²) in [6, 6.07) is 5.18. The zero-order valence-electron chi connectivity index (χ0n) is 11.1. The summed E-state index contributed by atoms with van der Waals surface area (Å²) in [6.45, 7) is 1.70. The predicted octanol–water partition coefficient (Wildman–Crippen LogP) is 1.22. The van der Waals surface area contributed by atoms with Crippen LogP contribution in [0, 0.1) is 0 Å². The highest BCUT2D eigenvalue weighted by Gasteiger charge is 2.14. The molecule has 0 aliphatic heterocycles. The quantitative estimate of drug-likeness (QED) is 0.857. The third-order valence-corrected chi connectivity index (χ3v) is 2.78. The fourth-order valence-electron chi connectivity index (χ4n) is 1.55. The van der Waals surface area contributed by atoms with Crippen molar-refractivity contribution >= 4 is 5.91 Å². The molecule has 0 aromatic heterocycles. The summed E-state index contributed by atoms with van der Waals surface area (Å²) in [5.41, 5.74) is 0.681. The predicted molar refractivity (Wildman–Crippen MR) is 67.8 cm³/mol. The summed E-state index contributed by atoms with van der Waals surface area (Å²) in [5.74, 6) is 1.07. The summed E-state index contributed by atoms with van der Waals surface area (Å²) < 4.78 is 10.3. The molecule has 1 aromatic rings. The van der Waals surface area contributed by atoms with Gasteiger partial charge in [0.05, 0.1) is 26.9 Å². The van der Waals surface area contributed by atoms with E-state index in [0.717, 1.165) is 0 Å². The van der Waals surface area contributed by atoms with Gasteiger partial charge in [-0.2, -0.15) is 0 Å². The van der Waals surface area contributed by atoms with Crippen LogP contribution in [-0.2, 0) is 4.79 Å². The fourth-order valence-corrected chi connectivity index (χ4v) is 1.55. The van der Waals surface area contributed by atoms with E-state index in [-0.39, 0.29) is 12.5 Å². The lowest BCUT2D eigenvalue weighted by Crippen LogP contribution is -2.28. The van der Waals surface area contributed by atoms with Gasteiger partial charge in [-0.15, -0.1) is 0 Å². The maximum Gasteiger partial charge on any atom is 0.219 e. The summed E-state index contributed by atoms with van der Waals surface area (Å²) in [6.07, 6.45) is -0.751. The minimum atomic E-state index is -0.751. The molecular formula is C13H19NO4. The van der Waals surface area contributed by atoms with Crippen molar-refractivity contribution in [3.8, 4) is 11.5 Å². The van der Waals surface area contributed by atoms with Gasteiger partial charge < -0.3 is 19.5 Å². The van der Waals surface area contributed by atoms with E-state index in [9.17, 15) is 9.90 Å². The molecule has 0 heterocycles. The molecule has 100 valence electrons. The number of aliphatic hydroxyl groups excluding tert-OH is 1. The summed E-state index contributed by atoms with van der Waals surface area (Å²) in [4.78, 5) is 12.6. The molecule has 1 aromatic carbocycles. The van der Waals surface area contributed by atoms with E-state index in [2.05, 4.69) is 0 Å². The highest BCUT2D eigenvalue weighted by molar-refractivity contribution is 5.72. The van der Waals surface area contributed by atoms with Crippen LogP contribution in [0.5, 0.6) is 11.5 Å². The van der Waals surface area contributed by atoms with Crippen molar-refractivity contribution in [3.63, 3.8) is 0 Å². The molecule has 0 spiro atoms. The molecule has 0 saturated carbocycles. The monoisotopic (exact) mass is 253 g/mol. The fraction of sp³-hybridized carbons (Fsp3) is 0.462. The minimum Gasteiger partial charge on any atom is -0.493 e. The van der Waals surface area contributed by atoms with Crippen LogP contribution in [0.15, 0.2) is 18.2 Å². The third-order valence-electron chi connectivity index (χ3n) is 2.78. The van der Waals surface area contributed by atoms with Crippen LogP contribution < -0.4 is 9.47 Å². The van der Waals surface area contributed by atoms with Crippen molar-refractivity contribution in [1.29, 1.82) is 0 Å². The highest BCUT2D eigenvalue weighted by Crippen LogP contribution is 2.30. The van der Waals surface area contributed by atoms with Crippen LogP contribution in [0.2, 0.25) is 0 Å². The maximum atomic E-state index is 11.1. The molecule has 5 nitrogen and oxygen atoms in total. The van der Waals surface area contributed by atoms with Crippen molar-refractivity contribution in [2.45, 2.75) is 13.0 Å². The second-order valence-electron chi connectivity index (χ2n) is 4.03. The number of likely N-dealkylation sites (N-methyl/N-ethyl adjacent to an activating group) is 1. The lowest BCUT2D eigenvalue weighted by atomic mass is 10.1. The van der Waals surface area contributed by atoms with Crippen LogP contribution >= 0.6 is 0 Å². The number of hydrogen-bond acceptors (Lipinski definition) is 4. The van der Waals surface area contributed by atoms with E-state index >= 15 is 0 Å². The molecule has 1 amide bonds. The minimum absolute atomic E-state index is 0.0884. The van der Waals surface area contributed by atoms with Crippen molar-refractivity contribution in [2.75, 3.05) is 27.8 Å². The van der Waals surface area contributed by atoms with E-state index in [1.807, 2.05) is 0 Å². The Kier molecular flexibility index (Phi) is 4.97. The smallest absolute Gasteiger partial charge is 0.219 e. The Morgan fingerprint density at radius 1 is 1.33 bits per heavy atom. The number of hydrogen-bond donors (Lipinski definition) is 1. The van der Waals surface area contributed by atoms with Crippen molar-refractivity contribution in [3.05, 3.63) is 23.8 Å². The molecule has 1 N–H and O–H groups in total. The Morgan fingerprint density at radius 2 is 1.94 bits per heavy atom. The van der Waals surface area contributed by atoms with Crippen LogP contribution in [0.4, 0.5) is 0 Å². The maximum absolute atomic E-state index is 11.1. The number of nitrogens with zero attached hydrogens (tertiary/aromatic N) is 1. The van der Waals surface area contributed by atoms with Gasteiger partial charge in [-0.25, -0.2) is 0 Å². The molecule has 18 heavy (non-hydrogen) atoms. The van der Waals surface area contributed by atoms with E-state index in [1.165, 1.54) is 18.9 Å². The standard InChI is InChI=1S/C13H19NO4/c1-9(15)14(2)8-11(16)10-5-6-12(17-3)13(7-10)18-4/h5-7,11,16H,8H2,1-4H3/t11-/m0/s1. The van der Waals surface area contributed by atoms with Gasteiger partial charge in [0.15, 0.2) is 11.5 Å². The average Bonchev–Trinajstić information content (AvgIpc) is 2.37. The first-order valence-electron chi connectivity index (χ1n) is 5.61. The van der Waals surface area contributed by atoms with E-state index < -0.39 is 6.10 Å². The Hall–Kier alpha value is -1.75. The van der Waals surface area contributed by atoms with Gasteiger partial charge in [-0.1, -0.05) is 6.07 Å². The Morgan fingerprint density at radius 3 is 2.44 bits per heavy atom. The molecule has 0 saturated heterocycles. The van der Waals surface area contributed by atoms with Gasteiger partial charge in [-0.05, 0) is 17.7 Å². The molecule has 0 fully saturated rings. The SMILES string of the molecule is COc1ccc([C@@H](O)CN(C)C(C)=O)cc1OC. The normalized spacial score (nSPS) is 11.8. The molecule has 0 bridgehead atoms. The molecule has 0 aliphatic carbocycles. The summed E-state index contributed by atoms with van der Waals surface area (Å²) >= 11 is 0. The molecule has 0 radical (unpaired) electrons. The lowest BCUT2D eigenvalue weighted by Gasteiger charge is -2.20. The van der Waals surface area contributed by atoms with E-state index in [0.29, 0.717) is 17.1 Å². The van der Waals surface area contributed by atoms with E-state index in [1.54, 1.807) is 32.4 Å². The molecule has 1 rings (SSSR count). The first-order chi connectivity index (χ1) is 8.49. The molecule has 5 heteroatoms. The van der Waals surface area contributed by atoms with Crippen LogP contribution in [0.3, 0.4) is 0 Å². The van der Waals surface area contributed by atoms with Crippen LogP contribution in [-0.4, -0.2) is 43.7 Å². The number of amides is 1.